The molecule has 11 heteroatoms. The minimum atomic E-state index is -3.85. The smallest absolute Gasteiger partial charge is 0.264 e. The summed E-state index contributed by atoms with van der Waals surface area (Å²) in [5.41, 5.74) is 2.89. The molecule has 4 rings (SSSR count). The van der Waals surface area contributed by atoms with Crippen LogP contribution in [0.4, 0.5) is 21.8 Å². The van der Waals surface area contributed by atoms with Gasteiger partial charge >= 0.3 is 0 Å². The van der Waals surface area contributed by atoms with E-state index in [2.05, 4.69) is 25.2 Å². The number of benzene rings is 2. The van der Waals surface area contributed by atoms with Crippen LogP contribution in [0, 0.1) is 19.7 Å². The summed E-state index contributed by atoms with van der Waals surface area (Å²) in [5.74, 6) is 0.0962. The van der Waals surface area contributed by atoms with Crippen LogP contribution in [0.1, 0.15) is 11.3 Å². The fourth-order valence-corrected chi connectivity index (χ4v) is 4.14. The van der Waals surface area contributed by atoms with Gasteiger partial charge in [0.15, 0.2) is 0 Å². The number of aryl methyl sites for hydroxylation is 1. The molecule has 32 heavy (non-hydrogen) atoms. The van der Waals surface area contributed by atoms with Gasteiger partial charge in [-0.25, -0.2) is 27.5 Å². The maximum atomic E-state index is 13.3. The molecule has 2 aromatic carbocycles. The molecule has 0 aliphatic carbocycles. The van der Waals surface area contributed by atoms with Crippen molar-refractivity contribution in [2.75, 3.05) is 10.0 Å². The fraction of sp³-hybridized carbons (Fsp3) is 0.0952. The van der Waals surface area contributed by atoms with Crippen molar-refractivity contribution in [3.05, 3.63) is 77.0 Å². The lowest BCUT2D eigenvalue weighted by atomic mass is 10.1. The van der Waals surface area contributed by atoms with Crippen molar-refractivity contribution in [2.45, 2.75) is 18.7 Å². The van der Waals surface area contributed by atoms with Crippen LogP contribution in [0.25, 0.3) is 11.3 Å². The molecule has 0 bridgehead atoms. The molecule has 2 aromatic heterocycles. The molecule has 0 saturated heterocycles. The Labute approximate surface area is 188 Å². The Kier molecular flexibility index (Phi) is 5.81. The summed E-state index contributed by atoms with van der Waals surface area (Å²) in [5, 5.41) is 7.05. The molecule has 4 aromatic rings. The predicted molar refractivity (Wildman–Crippen MR) is 119 cm³/mol. The number of halogens is 2. The summed E-state index contributed by atoms with van der Waals surface area (Å²) in [6, 6.07) is 11.8. The number of aromatic nitrogens is 3. The van der Waals surface area contributed by atoms with E-state index in [1.54, 1.807) is 32.0 Å². The summed E-state index contributed by atoms with van der Waals surface area (Å²) >= 11 is 6.11. The average molecular weight is 474 g/mol. The number of hydrogen-bond donors (Lipinski definition) is 2. The summed E-state index contributed by atoms with van der Waals surface area (Å²) in [4.78, 5) is 8.39. The minimum absolute atomic E-state index is 0.0537. The lowest BCUT2D eigenvalue weighted by Crippen LogP contribution is -2.13. The van der Waals surface area contributed by atoms with Crippen LogP contribution in [-0.4, -0.2) is 23.5 Å². The largest absolute Gasteiger partial charge is 0.340 e. The molecule has 0 saturated carbocycles. The number of sulfonamides is 1. The summed E-state index contributed by atoms with van der Waals surface area (Å²) in [7, 11) is -3.85. The van der Waals surface area contributed by atoms with E-state index < -0.39 is 15.8 Å². The molecule has 2 heterocycles. The molecular formula is C21H17ClFN5O3S. The van der Waals surface area contributed by atoms with Gasteiger partial charge in [-0.3, -0.25) is 0 Å². The second-order valence-corrected chi connectivity index (χ2v) is 8.98. The Morgan fingerprint density at radius 2 is 1.78 bits per heavy atom. The van der Waals surface area contributed by atoms with Crippen LogP contribution in [-0.2, 0) is 10.0 Å². The molecule has 0 fully saturated rings. The van der Waals surface area contributed by atoms with Gasteiger partial charge in [-0.05, 0) is 56.3 Å². The molecule has 0 spiro atoms. The number of nitrogens with zero attached hydrogens (tertiary/aromatic N) is 3. The maximum Gasteiger partial charge on any atom is 0.264 e. The van der Waals surface area contributed by atoms with Crippen LogP contribution >= 0.6 is 11.6 Å². The Hall–Kier alpha value is -3.50. The fourth-order valence-electron chi connectivity index (χ4n) is 2.83. The van der Waals surface area contributed by atoms with E-state index in [0.29, 0.717) is 34.0 Å². The third kappa shape index (κ3) is 4.56. The number of anilines is 3. The molecule has 2 N–H and O–H groups in total. The zero-order chi connectivity index (χ0) is 22.9. The van der Waals surface area contributed by atoms with E-state index in [1.165, 1.54) is 36.7 Å². The lowest BCUT2D eigenvalue weighted by Gasteiger charge is -2.10. The van der Waals surface area contributed by atoms with Crippen molar-refractivity contribution in [3.63, 3.8) is 0 Å². The van der Waals surface area contributed by atoms with E-state index in [1.807, 2.05) is 0 Å². The Balaban J connectivity index is 1.52. The first kappa shape index (κ1) is 21.7. The molecule has 0 aliphatic heterocycles. The van der Waals surface area contributed by atoms with Crippen molar-refractivity contribution < 1.29 is 17.3 Å². The van der Waals surface area contributed by atoms with Gasteiger partial charge in [0, 0.05) is 22.9 Å². The van der Waals surface area contributed by atoms with E-state index in [4.69, 9.17) is 16.1 Å². The quantitative estimate of drug-likeness (QED) is 0.401. The van der Waals surface area contributed by atoms with Crippen molar-refractivity contribution in [1.82, 2.24) is 15.1 Å². The molecule has 0 unspecified atom stereocenters. The minimum Gasteiger partial charge on any atom is -0.340 e. The lowest BCUT2D eigenvalue weighted by molar-refractivity contribution is 0.430. The van der Waals surface area contributed by atoms with Gasteiger partial charge in [-0.2, -0.15) is 0 Å². The monoisotopic (exact) mass is 473 g/mol. The second kappa shape index (κ2) is 8.56. The van der Waals surface area contributed by atoms with Gasteiger partial charge in [0.2, 0.25) is 5.88 Å². The molecule has 164 valence electrons. The van der Waals surface area contributed by atoms with Crippen molar-refractivity contribution >= 4 is 39.0 Å². The molecular weight excluding hydrogens is 457 g/mol. The highest BCUT2D eigenvalue weighted by molar-refractivity contribution is 7.92. The standard InChI is InChI=1S/C21H17ClFN5O3S/c1-12-13(2)27-31-21(12)28-32(29,30)16-6-4-15(5-7-16)26-20-10-19(24-11-25-20)17-8-3-14(23)9-18(17)22/h3-11,28H,1-2H3,(H,24,25,26). The predicted octanol–water partition coefficient (Wildman–Crippen LogP) is 5.09. The normalized spacial score (nSPS) is 11.4. The molecule has 0 aliphatic rings. The highest BCUT2D eigenvalue weighted by Crippen LogP contribution is 2.29. The summed E-state index contributed by atoms with van der Waals surface area (Å²) < 4.78 is 45.9. The highest BCUT2D eigenvalue weighted by atomic mass is 35.5. The van der Waals surface area contributed by atoms with Gasteiger partial charge in [0.1, 0.15) is 18.0 Å². The Morgan fingerprint density at radius 3 is 2.44 bits per heavy atom. The van der Waals surface area contributed by atoms with Crippen LogP contribution in [0.5, 0.6) is 0 Å². The van der Waals surface area contributed by atoms with Crippen molar-refractivity contribution in [2.24, 2.45) is 0 Å². The molecule has 0 amide bonds. The molecule has 8 nitrogen and oxygen atoms in total. The number of nitrogens with one attached hydrogen (secondary N) is 2. The Bertz CT molecular complexity index is 1390. The third-order valence-electron chi connectivity index (χ3n) is 4.70. The first-order valence-electron chi connectivity index (χ1n) is 9.33. The van der Waals surface area contributed by atoms with Crippen LogP contribution < -0.4 is 10.0 Å². The van der Waals surface area contributed by atoms with Gasteiger partial charge < -0.3 is 9.84 Å². The maximum absolute atomic E-state index is 13.3. The Morgan fingerprint density at radius 1 is 1.03 bits per heavy atom. The van der Waals surface area contributed by atoms with Crippen molar-refractivity contribution in [3.8, 4) is 11.3 Å². The topological polar surface area (TPSA) is 110 Å². The van der Waals surface area contributed by atoms with Gasteiger partial charge in [-0.1, -0.05) is 16.8 Å². The van der Waals surface area contributed by atoms with Gasteiger partial charge in [-0.15, -0.1) is 0 Å². The summed E-state index contributed by atoms with van der Waals surface area (Å²) in [6.45, 7) is 3.44. The first-order chi connectivity index (χ1) is 15.2. The average Bonchev–Trinajstić information content (AvgIpc) is 3.06. The number of hydrogen-bond acceptors (Lipinski definition) is 7. The summed E-state index contributed by atoms with van der Waals surface area (Å²) in [6.07, 6.45) is 1.35. The first-order valence-corrected chi connectivity index (χ1v) is 11.2. The second-order valence-electron chi connectivity index (χ2n) is 6.89. The molecule has 0 atom stereocenters. The van der Waals surface area contributed by atoms with E-state index in [0.717, 1.165) is 0 Å². The van der Waals surface area contributed by atoms with Crippen LogP contribution in [0.3, 0.4) is 0 Å². The van der Waals surface area contributed by atoms with E-state index >= 15 is 0 Å². The number of rotatable bonds is 6. The van der Waals surface area contributed by atoms with E-state index in [9.17, 15) is 12.8 Å². The SMILES string of the molecule is Cc1noc(NS(=O)(=O)c2ccc(Nc3cc(-c4ccc(F)cc4Cl)ncn3)cc2)c1C. The third-order valence-corrected chi connectivity index (χ3v) is 6.36. The zero-order valence-corrected chi connectivity index (χ0v) is 18.5. The van der Waals surface area contributed by atoms with E-state index in [-0.39, 0.29) is 15.8 Å². The molecule has 0 radical (unpaired) electrons. The van der Waals surface area contributed by atoms with Gasteiger partial charge in [0.25, 0.3) is 10.0 Å². The van der Waals surface area contributed by atoms with Crippen LogP contribution in [0.2, 0.25) is 5.02 Å². The zero-order valence-electron chi connectivity index (χ0n) is 16.9. The highest BCUT2D eigenvalue weighted by Gasteiger charge is 2.19. The van der Waals surface area contributed by atoms with Crippen LogP contribution in [0.15, 0.2) is 64.3 Å². The van der Waals surface area contributed by atoms with Gasteiger partial charge in [0.05, 0.1) is 21.3 Å². The van der Waals surface area contributed by atoms with Crippen molar-refractivity contribution in [1.29, 1.82) is 0 Å².